The van der Waals surface area contributed by atoms with Gasteiger partial charge in [0.1, 0.15) is 0 Å². The number of hydrazone groups is 1. The molecule has 0 aliphatic rings. The summed E-state index contributed by atoms with van der Waals surface area (Å²) in [6.45, 7) is 3.65. The van der Waals surface area contributed by atoms with Crippen molar-refractivity contribution in [1.82, 2.24) is 15.2 Å². The molecule has 0 aliphatic carbocycles. The fourth-order valence-electron chi connectivity index (χ4n) is 2.56. The zero-order chi connectivity index (χ0) is 19.6. The van der Waals surface area contributed by atoms with Gasteiger partial charge in [-0.1, -0.05) is 53.5 Å². The molecular formula is C19H16Cl2N4O2. The van der Waals surface area contributed by atoms with Crippen molar-refractivity contribution in [1.29, 1.82) is 0 Å². The number of amides is 1. The minimum absolute atomic E-state index is 0.119. The smallest absolute Gasteiger partial charge is 0.267 e. The second-order valence-corrected chi connectivity index (χ2v) is 6.86. The second kappa shape index (κ2) is 7.90. The molecule has 27 heavy (non-hydrogen) atoms. The average Bonchev–Trinajstić information content (AvgIpc) is 2.65. The number of hydrogen-bond acceptors (Lipinski definition) is 4. The lowest BCUT2D eigenvalue weighted by Gasteiger charge is -2.12. The lowest BCUT2D eigenvalue weighted by Crippen LogP contribution is -2.30. The number of halogens is 2. The minimum Gasteiger partial charge on any atom is -0.267 e. The maximum atomic E-state index is 12.6. The summed E-state index contributed by atoms with van der Waals surface area (Å²) in [6.07, 6.45) is 1.40. The molecule has 0 bridgehead atoms. The quantitative estimate of drug-likeness (QED) is 0.528. The van der Waals surface area contributed by atoms with Crippen molar-refractivity contribution in [3.8, 4) is 0 Å². The van der Waals surface area contributed by atoms with Gasteiger partial charge in [-0.15, -0.1) is 0 Å². The van der Waals surface area contributed by atoms with E-state index in [-0.39, 0.29) is 17.3 Å². The summed E-state index contributed by atoms with van der Waals surface area (Å²) >= 11 is 12.0. The zero-order valence-corrected chi connectivity index (χ0v) is 16.1. The Balaban J connectivity index is 1.96. The van der Waals surface area contributed by atoms with E-state index in [9.17, 15) is 9.59 Å². The van der Waals surface area contributed by atoms with Crippen LogP contribution in [0.15, 0.2) is 52.4 Å². The summed E-state index contributed by atoms with van der Waals surface area (Å²) in [5.74, 6) is -0.532. The van der Waals surface area contributed by atoms with Crippen LogP contribution < -0.4 is 11.0 Å². The van der Waals surface area contributed by atoms with Crippen molar-refractivity contribution in [2.75, 3.05) is 0 Å². The molecular weight excluding hydrogens is 387 g/mol. The molecule has 0 radical (unpaired) electrons. The molecule has 0 aliphatic heterocycles. The molecule has 0 fully saturated rings. The molecule has 1 N–H and O–H groups in total. The summed E-state index contributed by atoms with van der Waals surface area (Å²) in [7, 11) is 0. The summed E-state index contributed by atoms with van der Waals surface area (Å²) in [5.41, 5.74) is 2.86. The van der Waals surface area contributed by atoms with Crippen LogP contribution in [0.4, 0.5) is 0 Å². The molecule has 1 aromatic heterocycles. The van der Waals surface area contributed by atoms with Gasteiger partial charge in [-0.25, -0.2) is 10.1 Å². The highest BCUT2D eigenvalue weighted by molar-refractivity contribution is 6.43. The molecule has 138 valence electrons. The standard InChI is InChI=1S/C19H16Cl2N4O2/c1-11(2)25-19(27)14-8-4-3-7-13(14)17(24-25)18(26)23-22-10-12-6-5-9-15(20)16(12)21/h3-11H,1-2H3,(H,23,26)/b22-10-. The predicted molar refractivity (Wildman–Crippen MR) is 108 cm³/mol. The number of carbonyl (C=O) groups excluding carboxylic acids is 1. The van der Waals surface area contributed by atoms with Crippen molar-refractivity contribution in [2.45, 2.75) is 19.9 Å². The summed E-state index contributed by atoms with van der Waals surface area (Å²) in [5, 5.41) is 9.78. The van der Waals surface area contributed by atoms with E-state index in [2.05, 4.69) is 15.6 Å². The molecule has 2 aromatic carbocycles. The van der Waals surface area contributed by atoms with Gasteiger partial charge >= 0.3 is 0 Å². The first-order chi connectivity index (χ1) is 12.9. The van der Waals surface area contributed by atoms with Crippen LogP contribution in [-0.4, -0.2) is 21.9 Å². The first kappa shape index (κ1) is 19.1. The molecule has 8 heteroatoms. The molecule has 3 rings (SSSR count). The third-order valence-electron chi connectivity index (χ3n) is 3.88. The third-order valence-corrected chi connectivity index (χ3v) is 4.72. The van der Waals surface area contributed by atoms with Crippen molar-refractivity contribution in [3.63, 3.8) is 0 Å². The van der Waals surface area contributed by atoms with Crippen LogP contribution in [0.2, 0.25) is 10.0 Å². The van der Waals surface area contributed by atoms with Gasteiger partial charge in [-0.3, -0.25) is 9.59 Å². The van der Waals surface area contributed by atoms with Crippen LogP contribution >= 0.6 is 23.2 Å². The number of nitrogens with zero attached hydrogens (tertiary/aromatic N) is 3. The lowest BCUT2D eigenvalue weighted by atomic mass is 10.1. The fourth-order valence-corrected chi connectivity index (χ4v) is 2.91. The molecule has 0 unspecified atom stereocenters. The summed E-state index contributed by atoms with van der Waals surface area (Å²) in [6, 6.07) is 11.8. The Labute approximate surface area is 165 Å². The second-order valence-electron chi connectivity index (χ2n) is 6.08. The van der Waals surface area contributed by atoms with Crippen molar-refractivity contribution in [3.05, 3.63) is 74.1 Å². The largest absolute Gasteiger partial charge is 0.292 e. The number of nitrogens with one attached hydrogen (secondary N) is 1. The predicted octanol–water partition coefficient (Wildman–Crippen LogP) is 4.05. The van der Waals surface area contributed by atoms with E-state index in [1.807, 2.05) is 13.8 Å². The topological polar surface area (TPSA) is 76.3 Å². The van der Waals surface area contributed by atoms with E-state index < -0.39 is 5.91 Å². The van der Waals surface area contributed by atoms with Gasteiger partial charge in [0.05, 0.1) is 27.7 Å². The normalized spacial score (nSPS) is 11.4. The number of hydrogen-bond donors (Lipinski definition) is 1. The average molecular weight is 403 g/mol. The summed E-state index contributed by atoms with van der Waals surface area (Å²) < 4.78 is 1.29. The van der Waals surface area contributed by atoms with Gasteiger partial charge in [-0.05, 0) is 26.0 Å². The SMILES string of the molecule is CC(C)n1nc(C(=O)N/N=C\c2cccc(Cl)c2Cl)c2ccccc2c1=O. The zero-order valence-electron chi connectivity index (χ0n) is 14.6. The number of carbonyl (C=O) groups is 1. The molecule has 0 saturated carbocycles. The Morgan fingerprint density at radius 3 is 2.56 bits per heavy atom. The van der Waals surface area contributed by atoms with Gasteiger partial charge < -0.3 is 0 Å². The van der Waals surface area contributed by atoms with Gasteiger partial charge in [0.2, 0.25) is 0 Å². The lowest BCUT2D eigenvalue weighted by molar-refractivity contribution is 0.0949. The van der Waals surface area contributed by atoms with Crippen molar-refractivity contribution >= 4 is 46.1 Å². The van der Waals surface area contributed by atoms with E-state index in [1.165, 1.54) is 10.9 Å². The highest BCUT2D eigenvalue weighted by Crippen LogP contribution is 2.24. The highest BCUT2D eigenvalue weighted by Gasteiger charge is 2.17. The summed E-state index contributed by atoms with van der Waals surface area (Å²) in [4.78, 5) is 25.2. The van der Waals surface area contributed by atoms with E-state index >= 15 is 0 Å². The maximum absolute atomic E-state index is 12.6. The Morgan fingerprint density at radius 1 is 1.15 bits per heavy atom. The van der Waals surface area contributed by atoms with Crippen LogP contribution in [0.1, 0.15) is 35.9 Å². The maximum Gasteiger partial charge on any atom is 0.292 e. The Bertz CT molecular complexity index is 1110. The molecule has 1 heterocycles. The Kier molecular flexibility index (Phi) is 5.58. The number of fused-ring (bicyclic) bond motifs is 1. The fraction of sp³-hybridized carbons (Fsp3) is 0.158. The van der Waals surface area contributed by atoms with E-state index in [1.54, 1.807) is 42.5 Å². The van der Waals surface area contributed by atoms with Crippen LogP contribution in [-0.2, 0) is 0 Å². The molecule has 0 atom stereocenters. The number of aromatic nitrogens is 2. The molecule has 6 nitrogen and oxygen atoms in total. The molecule has 0 saturated heterocycles. The van der Waals surface area contributed by atoms with Crippen molar-refractivity contribution < 1.29 is 4.79 Å². The monoisotopic (exact) mass is 402 g/mol. The third kappa shape index (κ3) is 3.86. The Morgan fingerprint density at radius 2 is 1.85 bits per heavy atom. The van der Waals surface area contributed by atoms with E-state index in [0.29, 0.717) is 26.4 Å². The van der Waals surface area contributed by atoms with Crippen LogP contribution in [0.25, 0.3) is 10.8 Å². The minimum atomic E-state index is -0.532. The van der Waals surface area contributed by atoms with Gasteiger partial charge in [0, 0.05) is 10.9 Å². The van der Waals surface area contributed by atoms with E-state index in [0.717, 1.165) is 0 Å². The van der Waals surface area contributed by atoms with Crippen LogP contribution in [0, 0.1) is 0 Å². The number of rotatable bonds is 4. The Hall–Kier alpha value is -2.70. The number of benzene rings is 2. The van der Waals surface area contributed by atoms with Gasteiger partial charge in [-0.2, -0.15) is 10.2 Å². The van der Waals surface area contributed by atoms with E-state index in [4.69, 9.17) is 23.2 Å². The molecule has 1 amide bonds. The van der Waals surface area contributed by atoms with Crippen molar-refractivity contribution in [2.24, 2.45) is 5.10 Å². The molecule has 3 aromatic rings. The van der Waals surface area contributed by atoms with Gasteiger partial charge in [0.25, 0.3) is 11.5 Å². The molecule has 0 spiro atoms. The van der Waals surface area contributed by atoms with Crippen LogP contribution in [0.5, 0.6) is 0 Å². The van der Waals surface area contributed by atoms with Crippen LogP contribution in [0.3, 0.4) is 0 Å². The first-order valence-electron chi connectivity index (χ1n) is 8.19. The van der Waals surface area contributed by atoms with Gasteiger partial charge in [0.15, 0.2) is 5.69 Å². The first-order valence-corrected chi connectivity index (χ1v) is 8.94. The highest BCUT2D eigenvalue weighted by atomic mass is 35.5.